The van der Waals surface area contributed by atoms with E-state index in [4.69, 9.17) is 0 Å². The van der Waals surface area contributed by atoms with Crippen LogP contribution < -0.4 is 5.32 Å². The third-order valence-corrected chi connectivity index (χ3v) is 6.09. The van der Waals surface area contributed by atoms with Gasteiger partial charge >= 0.3 is 0 Å². The van der Waals surface area contributed by atoms with Gasteiger partial charge in [0.15, 0.2) is 5.65 Å². The lowest BCUT2D eigenvalue weighted by atomic mass is 10.0. The molecule has 6 rings (SSSR count). The van der Waals surface area contributed by atoms with Crippen LogP contribution in [-0.2, 0) is 11.2 Å². The summed E-state index contributed by atoms with van der Waals surface area (Å²) >= 11 is 0. The number of hydrogen-bond donors (Lipinski definition) is 3. The van der Waals surface area contributed by atoms with Crippen LogP contribution in [0.4, 0.5) is 5.69 Å². The molecule has 1 fully saturated rings. The second kappa shape index (κ2) is 8.02. The molecule has 4 heterocycles. The minimum atomic E-state index is 0.0446. The quantitative estimate of drug-likeness (QED) is 0.406. The minimum absolute atomic E-state index is 0.0446. The molecule has 0 aromatic carbocycles. The van der Waals surface area contributed by atoms with Gasteiger partial charge in [0.25, 0.3) is 0 Å². The van der Waals surface area contributed by atoms with E-state index in [1.54, 1.807) is 24.7 Å². The molecule has 1 amide bonds. The molecule has 0 radical (unpaired) electrons. The maximum absolute atomic E-state index is 12.1. The summed E-state index contributed by atoms with van der Waals surface area (Å²) in [6.45, 7) is 0. The van der Waals surface area contributed by atoms with Crippen LogP contribution in [0.3, 0.4) is 0 Å². The molecule has 0 bridgehead atoms. The average Bonchev–Trinajstić information content (AvgIpc) is 3.50. The molecule has 4 aromatic rings. The minimum Gasteiger partial charge on any atom is -0.357 e. The van der Waals surface area contributed by atoms with Gasteiger partial charge in [0.2, 0.25) is 5.91 Å². The number of aromatic nitrogens is 5. The van der Waals surface area contributed by atoms with E-state index in [0.717, 1.165) is 64.8 Å². The van der Waals surface area contributed by atoms with Crippen LogP contribution in [0.2, 0.25) is 0 Å². The van der Waals surface area contributed by atoms with Crippen LogP contribution >= 0.6 is 0 Å². The van der Waals surface area contributed by atoms with Gasteiger partial charge in [-0.3, -0.25) is 14.9 Å². The van der Waals surface area contributed by atoms with Crippen LogP contribution in [-0.4, -0.2) is 31.1 Å². The van der Waals surface area contributed by atoms with E-state index in [1.165, 1.54) is 0 Å². The number of carbonyl (C=O) groups excluding carboxylic acids is 1. The summed E-state index contributed by atoms with van der Waals surface area (Å²) in [7, 11) is 0. The first kappa shape index (κ1) is 20.0. The summed E-state index contributed by atoms with van der Waals surface area (Å²) in [5, 5.41) is 20.8. The van der Waals surface area contributed by atoms with Crippen LogP contribution in [0.15, 0.2) is 42.9 Å². The predicted octanol–water partition coefficient (Wildman–Crippen LogP) is 4.22. The Balaban J connectivity index is 1.38. The SMILES string of the molecule is N#C/C1=C/C#CCCc2[nH]c(-c3[nH]nc4ncc(-c5cncc(NC(=O)C6CC6)c5)cc34)cc21. The van der Waals surface area contributed by atoms with Gasteiger partial charge in [0.05, 0.1) is 28.8 Å². The van der Waals surface area contributed by atoms with Crippen molar-refractivity contribution >= 4 is 28.2 Å². The van der Waals surface area contributed by atoms with Crippen LogP contribution in [0, 0.1) is 29.1 Å². The van der Waals surface area contributed by atoms with Gasteiger partial charge in [-0.25, -0.2) is 4.98 Å². The highest BCUT2D eigenvalue weighted by atomic mass is 16.2. The number of amides is 1. The summed E-state index contributed by atoms with van der Waals surface area (Å²) in [4.78, 5) is 24.4. The molecule has 0 saturated heterocycles. The number of nitrogens with zero attached hydrogens (tertiary/aromatic N) is 4. The Hall–Kier alpha value is -4.69. The van der Waals surface area contributed by atoms with E-state index in [0.29, 0.717) is 16.9 Å². The highest BCUT2D eigenvalue weighted by molar-refractivity contribution is 5.96. The standard InChI is InChI=1S/C26H19N7O/c27-11-16-4-2-1-3-5-22-20(16)10-23(31-22)24-21-9-18(13-29-25(21)33-32-24)17-8-19(14-28-12-17)30-26(34)15-6-7-15/h4,8-10,12-15,31H,3,5-7H2,(H,30,34)(H,29,32,33)/b16-4-. The number of aryl methyl sites for hydroxylation is 1. The molecule has 0 atom stereocenters. The van der Waals surface area contributed by atoms with Crippen LogP contribution in [0.5, 0.6) is 0 Å². The molecule has 1 saturated carbocycles. The lowest BCUT2D eigenvalue weighted by Gasteiger charge is -2.07. The van der Waals surface area contributed by atoms with E-state index in [2.05, 4.69) is 48.4 Å². The number of nitriles is 1. The number of rotatable bonds is 4. The molecular weight excluding hydrogens is 426 g/mol. The normalized spacial score (nSPS) is 16.3. The van der Waals surface area contributed by atoms with Gasteiger partial charge in [0, 0.05) is 58.6 Å². The van der Waals surface area contributed by atoms with Gasteiger partial charge < -0.3 is 10.3 Å². The molecule has 34 heavy (non-hydrogen) atoms. The molecule has 0 spiro atoms. The summed E-state index contributed by atoms with van der Waals surface area (Å²) in [6.07, 6.45) is 10.2. The average molecular weight is 445 g/mol. The number of hydrogen-bond acceptors (Lipinski definition) is 5. The lowest BCUT2D eigenvalue weighted by Crippen LogP contribution is -2.13. The van der Waals surface area contributed by atoms with Crippen LogP contribution in [0.1, 0.15) is 30.5 Å². The summed E-state index contributed by atoms with van der Waals surface area (Å²) in [5.74, 6) is 6.17. The van der Waals surface area contributed by atoms with E-state index >= 15 is 0 Å². The molecule has 0 unspecified atom stereocenters. The van der Waals surface area contributed by atoms with Gasteiger partial charge in [-0.2, -0.15) is 10.4 Å². The fourth-order valence-electron chi connectivity index (χ4n) is 4.14. The first-order chi connectivity index (χ1) is 16.7. The third-order valence-electron chi connectivity index (χ3n) is 6.09. The monoisotopic (exact) mass is 445 g/mol. The number of nitrogens with one attached hydrogen (secondary N) is 3. The van der Waals surface area contributed by atoms with Crippen molar-refractivity contribution in [3.05, 3.63) is 54.1 Å². The van der Waals surface area contributed by atoms with E-state index in [9.17, 15) is 10.1 Å². The predicted molar refractivity (Wildman–Crippen MR) is 128 cm³/mol. The Bertz CT molecular complexity index is 1580. The Labute approximate surface area is 195 Å². The fraction of sp³-hybridized carbons (Fsp3) is 0.192. The Morgan fingerprint density at radius 2 is 2.06 bits per heavy atom. The molecule has 2 aliphatic carbocycles. The van der Waals surface area contributed by atoms with Crippen molar-refractivity contribution in [2.75, 3.05) is 5.32 Å². The highest BCUT2D eigenvalue weighted by Gasteiger charge is 2.29. The zero-order chi connectivity index (χ0) is 23.1. The van der Waals surface area contributed by atoms with Crippen molar-refractivity contribution in [2.45, 2.75) is 25.7 Å². The summed E-state index contributed by atoms with van der Waals surface area (Å²) < 4.78 is 0. The molecule has 4 aromatic heterocycles. The van der Waals surface area contributed by atoms with Crippen molar-refractivity contribution < 1.29 is 4.79 Å². The highest BCUT2D eigenvalue weighted by Crippen LogP contribution is 2.33. The Morgan fingerprint density at radius 3 is 2.91 bits per heavy atom. The number of H-pyrrole nitrogens is 2. The van der Waals surface area contributed by atoms with Gasteiger partial charge in [0.1, 0.15) is 6.07 Å². The van der Waals surface area contributed by atoms with Gasteiger partial charge in [-0.05, 0) is 37.5 Å². The Morgan fingerprint density at radius 1 is 1.18 bits per heavy atom. The maximum Gasteiger partial charge on any atom is 0.227 e. The number of allylic oxidation sites excluding steroid dienone is 2. The molecule has 3 N–H and O–H groups in total. The zero-order valence-electron chi connectivity index (χ0n) is 18.1. The maximum atomic E-state index is 12.1. The number of anilines is 1. The number of carbonyl (C=O) groups is 1. The fourth-order valence-corrected chi connectivity index (χ4v) is 4.14. The summed E-state index contributed by atoms with van der Waals surface area (Å²) in [5.41, 5.74) is 6.98. The molecular formula is C26H19N7O. The zero-order valence-corrected chi connectivity index (χ0v) is 18.1. The number of aromatic amines is 2. The van der Waals surface area contributed by atoms with Gasteiger partial charge in [-0.1, -0.05) is 11.8 Å². The smallest absolute Gasteiger partial charge is 0.227 e. The first-order valence-electron chi connectivity index (χ1n) is 11.1. The van der Waals surface area contributed by atoms with Crippen molar-refractivity contribution in [1.29, 1.82) is 5.26 Å². The summed E-state index contributed by atoms with van der Waals surface area (Å²) in [6, 6.07) is 8.12. The second-order valence-corrected chi connectivity index (χ2v) is 8.49. The molecule has 2 aliphatic rings. The molecule has 0 aliphatic heterocycles. The second-order valence-electron chi connectivity index (χ2n) is 8.49. The van der Waals surface area contributed by atoms with Crippen molar-refractivity contribution in [2.24, 2.45) is 5.92 Å². The molecule has 164 valence electrons. The molecule has 8 heteroatoms. The number of fused-ring (bicyclic) bond motifs is 2. The van der Waals surface area contributed by atoms with Crippen molar-refractivity contribution in [1.82, 2.24) is 25.1 Å². The first-order valence-corrected chi connectivity index (χ1v) is 11.1. The van der Waals surface area contributed by atoms with Crippen molar-refractivity contribution in [3.63, 3.8) is 0 Å². The third kappa shape index (κ3) is 3.62. The topological polar surface area (TPSA) is 123 Å². The molecule has 8 nitrogen and oxygen atoms in total. The van der Waals surface area contributed by atoms with E-state index in [-0.39, 0.29) is 11.8 Å². The van der Waals surface area contributed by atoms with E-state index < -0.39 is 0 Å². The van der Waals surface area contributed by atoms with Gasteiger partial charge in [-0.15, -0.1) is 0 Å². The largest absolute Gasteiger partial charge is 0.357 e. The number of pyridine rings is 2. The lowest BCUT2D eigenvalue weighted by molar-refractivity contribution is -0.117. The Kier molecular flexibility index (Phi) is 4.71. The van der Waals surface area contributed by atoms with Crippen molar-refractivity contribution in [3.8, 4) is 40.4 Å². The van der Waals surface area contributed by atoms with E-state index in [1.807, 2.05) is 18.2 Å². The van der Waals surface area contributed by atoms with Crippen LogP contribution in [0.25, 0.3) is 39.1 Å².